The van der Waals surface area contributed by atoms with Gasteiger partial charge in [-0.05, 0) is 18.1 Å². The Morgan fingerprint density at radius 3 is 2.41 bits per heavy atom. The Kier molecular flexibility index (Phi) is 3.98. The second kappa shape index (κ2) is 5.90. The van der Waals surface area contributed by atoms with E-state index in [0.717, 1.165) is 17.7 Å². The third kappa shape index (κ3) is 3.22. The van der Waals surface area contributed by atoms with Gasteiger partial charge in [-0.25, -0.2) is 0 Å². The quantitative estimate of drug-likeness (QED) is 0.764. The van der Waals surface area contributed by atoms with Gasteiger partial charge < -0.3 is 4.74 Å². The number of methoxy groups -OCH3 is 1. The molecule has 0 amide bonds. The van der Waals surface area contributed by atoms with Crippen LogP contribution in [-0.4, -0.2) is 7.11 Å². The molecule has 2 rings (SSSR count). The van der Waals surface area contributed by atoms with Crippen molar-refractivity contribution in [3.05, 3.63) is 71.8 Å². The number of hydrogen-bond donors (Lipinski definition) is 0. The Morgan fingerprint density at radius 2 is 1.65 bits per heavy atom. The molecule has 1 nitrogen and oxygen atoms in total. The predicted molar refractivity (Wildman–Crippen MR) is 72.2 cm³/mol. The summed E-state index contributed by atoms with van der Waals surface area (Å²) in [6.07, 6.45) is 5.21. The van der Waals surface area contributed by atoms with Crippen LogP contribution >= 0.6 is 0 Å². The Hall–Kier alpha value is -2.02. The predicted octanol–water partition coefficient (Wildman–Crippen LogP) is 3.95. The van der Waals surface area contributed by atoms with Crippen LogP contribution in [0, 0.1) is 0 Å². The summed E-state index contributed by atoms with van der Waals surface area (Å²) in [4.78, 5) is 0. The minimum absolute atomic E-state index is 0.914. The van der Waals surface area contributed by atoms with E-state index in [1.54, 1.807) is 7.11 Å². The molecular weight excluding hydrogens is 208 g/mol. The number of benzene rings is 2. The van der Waals surface area contributed by atoms with Gasteiger partial charge in [-0.15, -0.1) is 0 Å². The van der Waals surface area contributed by atoms with Gasteiger partial charge in [-0.3, -0.25) is 0 Å². The first-order chi connectivity index (χ1) is 8.40. The van der Waals surface area contributed by atoms with E-state index in [0.29, 0.717) is 0 Å². The zero-order chi connectivity index (χ0) is 11.9. The second-order valence-electron chi connectivity index (χ2n) is 3.83. The van der Waals surface area contributed by atoms with Gasteiger partial charge >= 0.3 is 0 Å². The fraction of sp³-hybridized carbons (Fsp3) is 0.125. The highest BCUT2D eigenvalue weighted by Gasteiger charge is 1.95. The summed E-state index contributed by atoms with van der Waals surface area (Å²) in [6.45, 7) is 0. The molecule has 0 unspecified atom stereocenters. The van der Waals surface area contributed by atoms with E-state index in [1.165, 1.54) is 5.56 Å². The largest absolute Gasteiger partial charge is 0.496 e. The maximum absolute atomic E-state index is 5.30. The van der Waals surface area contributed by atoms with Crippen LogP contribution in [0.4, 0.5) is 0 Å². The van der Waals surface area contributed by atoms with Gasteiger partial charge in [0.2, 0.25) is 0 Å². The standard InChI is InChI=1S/C16H16O/c1-17-16-13-6-5-11-15(16)12-7-10-14-8-3-2-4-9-14/h2-9,11-13H,10H2,1H3. The molecule has 0 aliphatic rings. The molecule has 0 fully saturated rings. The summed E-state index contributed by atoms with van der Waals surface area (Å²) in [6, 6.07) is 18.5. The van der Waals surface area contributed by atoms with Crippen molar-refractivity contribution in [2.24, 2.45) is 0 Å². The lowest BCUT2D eigenvalue weighted by Crippen LogP contribution is -1.86. The zero-order valence-electron chi connectivity index (χ0n) is 9.97. The molecule has 0 spiro atoms. The van der Waals surface area contributed by atoms with Gasteiger partial charge in [0.25, 0.3) is 0 Å². The molecule has 0 bridgehead atoms. The Balaban J connectivity index is 2.06. The first-order valence-corrected chi connectivity index (χ1v) is 5.73. The van der Waals surface area contributed by atoms with E-state index >= 15 is 0 Å². The van der Waals surface area contributed by atoms with E-state index < -0.39 is 0 Å². The average Bonchev–Trinajstić information content (AvgIpc) is 2.40. The molecule has 0 radical (unpaired) electrons. The Labute approximate surface area is 102 Å². The summed E-state index contributed by atoms with van der Waals surface area (Å²) < 4.78 is 5.30. The van der Waals surface area contributed by atoms with Crippen LogP contribution in [0.25, 0.3) is 6.08 Å². The SMILES string of the molecule is COc1ccccc1C=CCc1ccccc1. The number of rotatable bonds is 4. The van der Waals surface area contributed by atoms with E-state index in [-0.39, 0.29) is 0 Å². The van der Waals surface area contributed by atoms with Crippen LogP contribution in [-0.2, 0) is 6.42 Å². The normalized spacial score (nSPS) is 10.6. The van der Waals surface area contributed by atoms with Gasteiger partial charge in [0.1, 0.15) is 5.75 Å². The van der Waals surface area contributed by atoms with E-state index in [4.69, 9.17) is 4.74 Å². The minimum atomic E-state index is 0.914. The zero-order valence-corrected chi connectivity index (χ0v) is 9.97. The van der Waals surface area contributed by atoms with Crippen molar-refractivity contribution in [1.82, 2.24) is 0 Å². The smallest absolute Gasteiger partial charge is 0.126 e. The second-order valence-corrected chi connectivity index (χ2v) is 3.83. The molecule has 17 heavy (non-hydrogen) atoms. The fourth-order valence-electron chi connectivity index (χ4n) is 1.74. The van der Waals surface area contributed by atoms with Crippen molar-refractivity contribution in [2.75, 3.05) is 7.11 Å². The summed E-state index contributed by atoms with van der Waals surface area (Å²) >= 11 is 0. The highest BCUT2D eigenvalue weighted by atomic mass is 16.5. The third-order valence-electron chi connectivity index (χ3n) is 2.63. The highest BCUT2D eigenvalue weighted by Crippen LogP contribution is 2.18. The Morgan fingerprint density at radius 1 is 0.941 bits per heavy atom. The third-order valence-corrected chi connectivity index (χ3v) is 2.63. The summed E-state index contributed by atoms with van der Waals surface area (Å²) in [5.41, 5.74) is 2.43. The minimum Gasteiger partial charge on any atom is -0.496 e. The topological polar surface area (TPSA) is 9.23 Å². The van der Waals surface area contributed by atoms with Crippen molar-refractivity contribution >= 4 is 6.08 Å². The first-order valence-electron chi connectivity index (χ1n) is 5.73. The van der Waals surface area contributed by atoms with Gasteiger partial charge in [-0.2, -0.15) is 0 Å². The number of ether oxygens (including phenoxy) is 1. The molecule has 0 atom stereocenters. The molecule has 0 heterocycles. The van der Waals surface area contributed by atoms with E-state index in [9.17, 15) is 0 Å². The van der Waals surface area contributed by atoms with Crippen LogP contribution in [0.1, 0.15) is 11.1 Å². The summed E-state index contributed by atoms with van der Waals surface area (Å²) in [5.74, 6) is 0.914. The molecule has 2 aromatic rings. The van der Waals surface area contributed by atoms with Gasteiger partial charge in [-0.1, -0.05) is 60.7 Å². The summed E-state index contributed by atoms with van der Waals surface area (Å²) in [5, 5.41) is 0. The van der Waals surface area contributed by atoms with Crippen LogP contribution in [0.15, 0.2) is 60.7 Å². The van der Waals surface area contributed by atoms with E-state index in [1.807, 2.05) is 24.3 Å². The van der Waals surface area contributed by atoms with Gasteiger partial charge in [0, 0.05) is 5.56 Å². The fourth-order valence-corrected chi connectivity index (χ4v) is 1.74. The molecule has 0 aliphatic carbocycles. The van der Waals surface area contributed by atoms with Crippen LogP contribution in [0.2, 0.25) is 0 Å². The van der Waals surface area contributed by atoms with Crippen molar-refractivity contribution < 1.29 is 4.74 Å². The molecule has 0 aromatic heterocycles. The average molecular weight is 224 g/mol. The number of hydrogen-bond acceptors (Lipinski definition) is 1. The van der Waals surface area contributed by atoms with Crippen molar-refractivity contribution in [1.29, 1.82) is 0 Å². The lowest BCUT2D eigenvalue weighted by Gasteiger charge is -2.03. The van der Waals surface area contributed by atoms with E-state index in [2.05, 4.69) is 42.5 Å². The Bertz CT molecular complexity index is 486. The molecule has 2 aromatic carbocycles. The molecule has 0 N–H and O–H groups in total. The highest BCUT2D eigenvalue weighted by molar-refractivity contribution is 5.57. The first kappa shape index (κ1) is 11.5. The molecule has 86 valence electrons. The maximum atomic E-state index is 5.30. The van der Waals surface area contributed by atoms with Crippen LogP contribution < -0.4 is 4.74 Å². The number of allylic oxidation sites excluding steroid dienone is 1. The lowest BCUT2D eigenvalue weighted by molar-refractivity contribution is 0.414. The van der Waals surface area contributed by atoms with Gasteiger partial charge in [0.05, 0.1) is 7.11 Å². The molecule has 0 aliphatic heterocycles. The van der Waals surface area contributed by atoms with Crippen LogP contribution in [0.3, 0.4) is 0 Å². The monoisotopic (exact) mass is 224 g/mol. The van der Waals surface area contributed by atoms with Crippen molar-refractivity contribution in [3.63, 3.8) is 0 Å². The lowest BCUT2D eigenvalue weighted by atomic mass is 10.1. The molecule has 0 saturated carbocycles. The molecule has 1 heteroatoms. The number of para-hydroxylation sites is 1. The maximum Gasteiger partial charge on any atom is 0.126 e. The van der Waals surface area contributed by atoms with Crippen molar-refractivity contribution in [3.8, 4) is 5.75 Å². The summed E-state index contributed by atoms with van der Waals surface area (Å²) in [7, 11) is 1.70. The van der Waals surface area contributed by atoms with Crippen LogP contribution in [0.5, 0.6) is 5.75 Å². The van der Waals surface area contributed by atoms with Gasteiger partial charge in [0.15, 0.2) is 0 Å². The van der Waals surface area contributed by atoms with Crippen molar-refractivity contribution in [2.45, 2.75) is 6.42 Å². The molecular formula is C16H16O. The molecule has 0 saturated heterocycles.